The summed E-state index contributed by atoms with van der Waals surface area (Å²) in [4.78, 5) is 30.1. The number of carbonyl (C=O) groups excluding carboxylic acids is 2. The van der Waals surface area contributed by atoms with E-state index in [0.717, 1.165) is 43.6 Å². The van der Waals surface area contributed by atoms with Gasteiger partial charge in [-0.3, -0.25) is 14.5 Å². The zero-order valence-electron chi connectivity index (χ0n) is 22.4. The number of aliphatic hydroxyl groups is 2. The molecule has 0 spiro atoms. The number of rotatable bonds is 4. The molecular weight excluding hydrogens is 483 g/mol. The van der Waals surface area contributed by atoms with Crippen LogP contribution in [-0.4, -0.2) is 71.1 Å². The monoisotopic (exact) mass is 522 g/mol. The van der Waals surface area contributed by atoms with Crippen LogP contribution in [-0.2, 0) is 9.59 Å². The fourth-order valence-corrected chi connectivity index (χ4v) is 8.94. The van der Waals surface area contributed by atoms with E-state index >= 15 is 0 Å². The van der Waals surface area contributed by atoms with Crippen molar-refractivity contribution in [3.63, 3.8) is 0 Å². The van der Waals surface area contributed by atoms with Gasteiger partial charge in [-0.15, -0.1) is 0 Å². The zero-order valence-corrected chi connectivity index (χ0v) is 22.4. The molecule has 6 nitrogen and oxygen atoms in total. The molecule has 6 rings (SSSR count). The molecular formula is C31H39FN2O4. The van der Waals surface area contributed by atoms with Gasteiger partial charge in [0, 0.05) is 48.6 Å². The van der Waals surface area contributed by atoms with E-state index in [1.807, 2.05) is 13.0 Å². The molecule has 1 aliphatic heterocycles. The Morgan fingerprint density at radius 2 is 1.82 bits per heavy atom. The standard InChI is InChI=1S/C31H39FN2O4/c1-29-11-9-23(35)17-20(29)3-8-24-25-10-12-31(38,30(25,2)18-26(36)28(24)29)27(37)19-33-13-15-34(16-14-33)22-6-4-21(32)5-7-22/h4-7,9,11,17,24-26,28,36,38H,3,8,10,12-16,18-19H2,1-2H3/t24-,25-,26-,28+,29-,30-,31-/m0/s1. The summed E-state index contributed by atoms with van der Waals surface area (Å²) in [5.74, 6) is -0.0193. The number of anilines is 1. The molecule has 7 atom stereocenters. The van der Waals surface area contributed by atoms with Crippen molar-refractivity contribution in [2.45, 2.75) is 57.7 Å². The molecule has 4 aliphatic carbocycles. The van der Waals surface area contributed by atoms with Crippen LogP contribution in [0.3, 0.4) is 0 Å². The van der Waals surface area contributed by atoms with E-state index in [9.17, 15) is 24.2 Å². The third-order valence-electron chi connectivity index (χ3n) is 11.0. The number of halogens is 1. The molecule has 2 N–H and O–H groups in total. The van der Waals surface area contributed by atoms with E-state index < -0.39 is 17.1 Å². The molecule has 0 bridgehead atoms. The van der Waals surface area contributed by atoms with Crippen molar-refractivity contribution in [3.05, 3.63) is 53.9 Å². The first-order chi connectivity index (χ1) is 18.0. The highest BCUT2D eigenvalue weighted by atomic mass is 19.1. The summed E-state index contributed by atoms with van der Waals surface area (Å²) in [5.41, 5.74) is -0.395. The van der Waals surface area contributed by atoms with Crippen LogP contribution in [0.15, 0.2) is 48.1 Å². The van der Waals surface area contributed by atoms with Crippen LogP contribution in [0.4, 0.5) is 10.1 Å². The van der Waals surface area contributed by atoms with Crippen LogP contribution >= 0.6 is 0 Å². The number of ketones is 2. The topological polar surface area (TPSA) is 81.1 Å². The number of hydrogen-bond acceptors (Lipinski definition) is 6. The number of fused-ring (bicyclic) bond motifs is 5. The molecule has 1 aromatic rings. The molecule has 38 heavy (non-hydrogen) atoms. The van der Waals surface area contributed by atoms with Crippen molar-refractivity contribution in [1.82, 2.24) is 4.90 Å². The first-order valence-electron chi connectivity index (χ1n) is 14.2. The van der Waals surface area contributed by atoms with Gasteiger partial charge in [0.05, 0.1) is 12.6 Å². The maximum Gasteiger partial charge on any atom is 0.178 e. The van der Waals surface area contributed by atoms with Crippen molar-refractivity contribution in [1.29, 1.82) is 0 Å². The molecule has 4 fully saturated rings. The predicted molar refractivity (Wildman–Crippen MR) is 143 cm³/mol. The lowest BCUT2D eigenvalue weighted by Crippen LogP contribution is -2.62. The van der Waals surface area contributed by atoms with Crippen molar-refractivity contribution >= 4 is 17.3 Å². The van der Waals surface area contributed by atoms with E-state index in [4.69, 9.17) is 0 Å². The van der Waals surface area contributed by atoms with Crippen molar-refractivity contribution in [2.75, 3.05) is 37.6 Å². The Bertz CT molecular complexity index is 1190. The minimum atomic E-state index is -1.45. The lowest BCUT2D eigenvalue weighted by atomic mass is 9.46. The Hall–Kier alpha value is -2.35. The van der Waals surface area contributed by atoms with Gasteiger partial charge in [-0.05, 0) is 80.4 Å². The minimum Gasteiger partial charge on any atom is -0.393 e. The third-order valence-corrected chi connectivity index (χ3v) is 11.0. The molecule has 7 heteroatoms. The van der Waals surface area contributed by atoms with E-state index in [2.05, 4.69) is 16.7 Å². The smallest absolute Gasteiger partial charge is 0.178 e. The molecule has 1 saturated heterocycles. The predicted octanol–water partition coefficient (Wildman–Crippen LogP) is 3.53. The van der Waals surface area contributed by atoms with Crippen molar-refractivity contribution in [3.8, 4) is 0 Å². The Kier molecular flexibility index (Phi) is 6.21. The highest BCUT2D eigenvalue weighted by Gasteiger charge is 2.68. The van der Waals surface area contributed by atoms with Gasteiger partial charge < -0.3 is 15.1 Å². The Labute approximate surface area is 224 Å². The average Bonchev–Trinajstić information content (AvgIpc) is 3.16. The van der Waals surface area contributed by atoms with Crippen molar-refractivity contribution in [2.24, 2.45) is 28.6 Å². The van der Waals surface area contributed by atoms with Gasteiger partial charge in [0.25, 0.3) is 0 Å². The summed E-state index contributed by atoms with van der Waals surface area (Å²) in [5, 5.41) is 23.6. The van der Waals surface area contributed by atoms with Crippen LogP contribution in [0.2, 0.25) is 0 Å². The van der Waals surface area contributed by atoms with Crippen LogP contribution in [0.5, 0.6) is 0 Å². The van der Waals surface area contributed by atoms with Crippen molar-refractivity contribution < 1.29 is 24.2 Å². The maximum atomic E-state index is 13.8. The van der Waals surface area contributed by atoms with Crippen LogP contribution in [0.1, 0.15) is 46.0 Å². The largest absolute Gasteiger partial charge is 0.393 e. The van der Waals surface area contributed by atoms with E-state index in [1.165, 1.54) is 12.1 Å². The van der Waals surface area contributed by atoms with Gasteiger partial charge in [0.1, 0.15) is 11.4 Å². The Balaban J connectivity index is 1.16. The van der Waals surface area contributed by atoms with Gasteiger partial charge in [0.2, 0.25) is 0 Å². The van der Waals surface area contributed by atoms with Gasteiger partial charge in [-0.25, -0.2) is 4.39 Å². The van der Waals surface area contributed by atoms with E-state index in [0.29, 0.717) is 25.9 Å². The molecule has 0 aromatic heterocycles. The molecule has 1 heterocycles. The summed E-state index contributed by atoms with van der Waals surface area (Å²) in [6.07, 6.45) is 8.03. The Morgan fingerprint density at radius 3 is 2.53 bits per heavy atom. The van der Waals surface area contributed by atoms with Gasteiger partial charge in [0.15, 0.2) is 11.6 Å². The summed E-state index contributed by atoms with van der Waals surface area (Å²) in [6.45, 7) is 7.26. The first-order valence-corrected chi connectivity index (χ1v) is 14.2. The number of hydrogen-bond donors (Lipinski definition) is 2. The summed E-state index contributed by atoms with van der Waals surface area (Å²) in [7, 11) is 0. The highest BCUT2D eigenvalue weighted by molar-refractivity contribution is 6.01. The number of nitrogens with zero attached hydrogens (tertiary/aromatic N) is 2. The van der Waals surface area contributed by atoms with E-state index in [1.54, 1.807) is 24.3 Å². The summed E-state index contributed by atoms with van der Waals surface area (Å²) >= 11 is 0. The fraction of sp³-hybridized carbons (Fsp3) is 0.613. The SMILES string of the molecule is C[C@]12C=CC(=O)C=C1CC[C@@H]1[C@@H]2[C@@H](O)C[C@@]2(C)[C@H]1CC[C@]2(O)C(=O)CN1CCN(c2ccc(F)cc2)CC1. The van der Waals surface area contributed by atoms with Crippen LogP contribution < -0.4 is 4.90 Å². The number of Topliss-reactive ketones (excluding diaryl/α,β-unsaturated/α-hetero) is 1. The second-order valence-corrected chi connectivity index (χ2v) is 12.8. The first kappa shape index (κ1) is 25.9. The summed E-state index contributed by atoms with van der Waals surface area (Å²) in [6, 6.07) is 6.50. The number of carbonyl (C=O) groups is 2. The van der Waals surface area contributed by atoms with Crippen LogP contribution in [0, 0.1) is 34.4 Å². The lowest BCUT2D eigenvalue weighted by molar-refractivity contribution is -0.177. The molecule has 1 aromatic carbocycles. The number of aliphatic hydroxyl groups excluding tert-OH is 1. The molecule has 0 radical (unpaired) electrons. The molecule has 0 amide bonds. The lowest BCUT2D eigenvalue weighted by Gasteiger charge is -2.59. The Morgan fingerprint density at radius 1 is 1.11 bits per heavy atom. The maximum absolute atomic E-state index is 13.8. The molecule has 204 valence electrons. The number of benzene rings is 1. The normalized spacial score (nSPS) is 40.8. The number of piperazine rings is 1. The third kappa shape index (κ3) is 3.84. The van der Waals surface area contributed by atoms with Gasteiger partial charge in [-0.2, -0.15) is 0 Å². The second kappa shape index (κ2) is 9.10. The van der Waals surface area contributed by atoms with Crippen LogP contribution in [0.25, 0.3) is 0 Å². The fourth-order valence-electron chi connectivity index (χ4n) is 8.94. The number of allylic oxidation sites excluding steroid dienone is 4. The zero-order chi connectivity index (χ0) is 26.9. The average molecular weight is 523 g/mol. The molecule has 5 aliphatic rings. The van der Waals surface area contributed by atoms with Gasteiger partial charge in [-0.1, -0.05) is 25.5 Å². The quantitative estimate of drug-likeness (QED) is 0.630. The van der Waals surface area contributed by atoms with Gasteiger partial charge >= 0.3 is 0 Å². The minimum absolute atomic E-state index is 0.0121. The van der Waals surface area contributed by atoms with E-state index in [-0.39, 0.29) is 47.1 Å². The highest BCUT2D eigenvalue weighted by Crippen LogP contribution is 2.67. The second-order valence-electron chi connectivity index (χ2n) is 12.8. The molecule has 3 saturated carbocycles. The molecule has 0 unspecified atom stereocenters. The summed E-state index contributed by atoms with van der Waals surface area (Å²) < 4.78 is 13.3.